The first-order valence-electron chi connectivity index (χ1n) is 5.68. The molecule has 1 fully saturated rings. The van der Waals surface area contributed by atoms with Crippen LogP contribution in [0.2, 0.25) is 0 Å². The number of hydrogen-bond donors (Lipinski definition) is 1. The van der Waals surface area contributed by atoms with E-state index in [-0.39, 0.29) is 0 Å². The summed E-state index contributed by atoms with van der Waals surface area (Å²) < 4.78 is 0. The zero-order valence-corrected chi connectivity index (χ0v) is 10.4. The molecule has 0 aliphatic carbocycles. The SMILES string of the molecule is Cc1ccsc1[C@@H](CC#N)N1CCNCC1. The Hall–Kier alpha value is -0.890. The van der Waals surface area contributed by atoms with E-state index in [0.717, 1.165) is 26.2 Å². The van der Waals surface area contributed by atoms with Gasteiger partial charge >= 0.3 is 0 Å². The Morgan fingerprint density at radius 2 is 2.31 bits per heavy atom. The Bertz CT molecular complexity index is 374. The second-order valence-electron chi connectivity index (χ2n) is 4.13. The molecule has 2 heterocycles. The van der Waals surface area contributed by atoms with Crippen LogP contribution >= 0.6 is 11.3 Å². The van der Waals surface area contributed by atoms with E-state index in [1.807, 2.05) is 0 Å². The minimum Gasteiger partial charge on any atom is -0.314 e. The van der Waals surface area contributed by atoms with Gasteiger partial charge in [-0.05, 0) is 23.9 Å². The molecule has 1 aliphatic heterocycles. The van der Waals surface area contributed by atoms with E-state index in [1.54, 1.807) is 11.3 Å². The summed E-state index contributed by atoms with van der Waals surface area (Å²) in [5.74, 6) is 0. The van der Waals surface area contributed by atoms with Gasteiger partial charge in [-0.3, -0.25) is 4.90 Å². The van der Waals surface area contributed by atoms with Gasteiger partial charge in [-0.2, -0.15) is 5.26 Å². The lowest BCUT2D eigenvalue weighted by molar-refractivity contribution is 0.177. The van der Waals surface area contributed by atoms with E-state index < -0.39 is 0 Å². The average molecular weight is 235 g/mol. The van der Waals surface area contributed by atoms with E-state index in [0.29, 0.717) is 12.5 Å². The smallest absolute Gasteiger partial charge is 0.0642 e. The van der Waals surface area contributed by atoms with Crippen LogP contribution in [0.3, 0.4) is 0 Å². The average Bonchev–Trinajstić information content (AvgIpc) is 2.73. The predicted molar refractivity (Wildman–Crippen MR) is 66.5 cm³/mol. The molecule has 0 spiro atoms. The molecule has 0 radical (unpaired) electrons. The van der Waals surface area contributed by atoms with Gasteiger partial charge < -0.3 is 5.32 Å². The molecule has 2 rings (SSSR count). The summed E-state index contributed by atoms with van der Waals surface area (Å²) in [7, 11) is 0. The molecular formula is C12H17N3S. The van der Waals surface area contributed by atoms with Crippen LogP contribution in [0.1, 0.15) is 22.9 Å². The number of nitriles is 1. The third kappa shape index (κ3) is 2.43. The van der Waals surface area contributed by atoms with Crippen LogP contribution < -0.4 is 5.32 Å². The topological polar surface area (TPSA) is 39.1 Å². The highest BCUT2D eigenvalue weighted by Crippen LogP contribution is 2.31. The summed E-state index contributed by atoms with van der Waals surface area (Å²) in [6.45, 7) is 6.30. The maximum absolute atomic E-state index is 8.97. The summed E-state index contributed by atoms with van der Waals surface area (Å²) in [6.07, 6.45) is 0.599. The highest BCUT2D eigenvalue weighted by atomic mass is 32.1. The van der Waals surface area contributed by atoms with Crippen molar-refractivity contribution in [3.05, 3.63) is 21.9 Å². The third-order valence-corrected chi connectivity index (χ3v) is 4.20. The standard InChI is InChI=1S/C12H17N3S/c1-10-3-9-16-12(10)11(2-4-13)15-7-5-14-6-8-15/h3,9,11,14H,2,5-8H2,1H3/t11-/m1/s1. The third-order valence-electron chi connectivity index (χ3n) is 3.08. The van der Waals surface area contributed by atoms with Gasteiger partial charge in [-0.15, -0.1) is 11.3 Å². The minimum atomic E-state index is 0.298. The molecule has 4 heteroatoms. The molecule has 0 bridgehead atoms. The molecular weight excluding hydrogens is 218 g/mol. The van der Waals surface area contributed by atoms with Gasteiger partial charge in [0.1, 0.15) is 0 Å². The van der Waals surface area contributed by atoms with Gasteiger partial charge in [0.25, 0.3) is 0 Å². The molecule has 0 saturated carbocycles. The monoisotopic (exact) mass is 235 g/mol. The molecule has 1 atom stereocenters. The minimum absolute atomic E-state index is 0.298. The number of nitrogens with zero attached hydrogens (tertiary/aromatic N) is 2. The van der Waals surface area contributed by atoms with Crippen LogP contribution in [-0.2, 0) is 0 Å². The number of piperazine rings is 1. The molecule has 1 saturated heterocycles. The number of hydrogen-bond acceptors (Lipinski definition) is 4. The highest BCUT2D eigenvalue weighted by molar-refractivity contribution is 7.10. The number of thiophene rings is 1. The Labute approximate surface area is 101 Å². The van der Waals surface area contributed by atoms with Crippen molar-refractivity contribution >= 4 is 11.3 Å². The Morgan fingerprint density at radius 3 is 2.88 bits per heavy atom. The zero-order valence-electron chi connectivity index (χ0n) is 9.57. The van der Waals surface area contributed by atoms with E-state index in [2.05, 4.69) is 34.7 Å². The van der Waals surface area contributed by atoms with Crippen molar-refractivity contribution in [2.24, 2.45) is 0 Å². The second-order valence-corrected chi connectivity index (χ2v) is 5.08. The van der Waals surface area contributed by atoms with E-state index in [4.69, 9.17) is 5.26 Å². The first kappa shape index (κ1) is 11.6. The molecule has 1 aromatic heterocycles. The molecule has 0 aromatic carbocycles. The molecule has 0 amide bonds. The van der Waals surface area contributed by atoms with Crippen LogP contribution in [-0.4, -0.2) is 31.1 Å². The van der Waals surface area contributed by atoms with Gasteiger partial charge in [0.15, 0.2) is 0 Å². The Morgan fingerprint density at radius 1 is 1.56 bits per heavy atom. The summed E-state index contributed by atoms with van der Waals surface area (Å²) in [6, 6.07) is 4.77. The molecule has 1 aliphatic rings. The van der Waals surface area contributed by atoms with Crippen LogP contribution in [0, 0.1) is 18.3 Å². The van der Waals surface area contributed by atoms with Crippen LogP contribution in [0.4, 0.5) is 0 Å². The summed E-state index contributed by atoms with van der Waals surface area (Å²) >= 11 is 1.78. The van der Waals surface area contributed by atoms with Gasteiger partial charge in [0.2, 0.25) is 0 Å². The van der Waals surface area contributed by atoms with E-state index in [9.17, 15) is 0 Å². The Kier molecular flexibility index (Phi) is 3.94. The lowest BCUT2D eigenvalue weighted by Crippen LogP contribution is -2.45. The van der Waals surface area contributed by atoms with Crippen molar-refractivity contribution in [2.45, 2.75) is 19.4 Å². The van der Waals surface area contributed by atoms with E-state index in [1.165, 1.54) is 10.4 Å². The first-order valence-corrected chi connectivity index (χ1v) is 6.56. The first-order chi connectivity index (χ1) is 7.83. The highest BCUT2D eigenvalue weighted by Gasteiger charge is 2.23. The maximum Gasteiger partial charge on any atom is 0.0642 e. The fraction of sp³-hybridized carbons (Fsp3) is 0.583. The number of aryl methyl sites for hydroxylation is 1. The largest absolute Gasteiger partial charge is 0.314 e. The van der Waals surface area contributed by atoms with Gasteiger partial charge in [0.05, 0.1) is 18.5 Å². The lowest BCUT2D eigenvalue weighted by Gasteiger charge is -2.33. The molecule has 1 aromatic rings. The maximum atomic E-state index is 8.97. The lowest BCUT2D eigenvalue weighted by atomic mass is 10.1. The normalized spacial score (nSPS) is 19.2. The van der Waals surface area contributed by atoms with Crippen molar-refractivity contribution in [3.8, 4) is 6.07 Å². The fourth-order valence-electron chi connectivity index (χ4n) is 2.19. The zero-order chi connectivity index (χ0) is 11.4. The summed E-state index contributed by atoms with van der Waals surface area (Å²) in [5.41, 5.74) is 1.32. The molecule has 16 heavy (non-hydrogen) atoms. The van der Waals surface area contributed by atoms with Gasteiger partial charge in [0, 0.05) is 31.1 Å². The molecule has 86 valence electrons. The number of nitrogens with one attached hydrogen (secondary N) is 1. The molecule has 3 nitrogen and oxygen atoms in total. The van der Waals surface area contributed by atoms with E-state index >= 15 is 0 Å². The predicted octanol–water partition coefficient (Wildman–Crippen LogP) is 1.92. The van der Waals surface area contributed by atoms with Gasteiger partial charge in [-0.1, -0.05) is 0 Å². The quantitative estimate of drug-likeness (QED) is 0.870. The molecule has 0 unspecified atom stereocenters. The van der Waals surface area contributed by atoms with Crippen molar-refractivity contribution in [1.29, 1.82) is 5.26 Å². The van der Waals surface area contributed by atoms with Crippen molar-refractivity contribution in [2.75, 3.05) is 26.2 Å². The van der Waals surface area contributed by atoms with Crippen LogP contribution in [0.15, 0.2) is 11.4 Å². The van der Waals surface area contributed by atoms with Gasteiger partial charge in [-0.25, -0.2) is 0 Å². The molecule has 1 N–H and O–H groups in total. The second kappa shape index (κ2) is 5.44. The fourth-order valence-corrected chi connectivity index (χ4v) is 3.26. The van der Waals surface area contributed by atoms with Crippen molar-refractivity contribution in [3.63, 3.8) is 0 Å². The number of rotatable bonds is 3. The summed E-state index contributed by atoms with van der Waals surface area (Å²) in [4.78, 5) is 3.79. The van der Waals surface area contributed by atoms with Crippen molar-refractivity contribution < 1.29 is 0 Å². The van der Waals surface area contributed by atoms with Crippen LogP contribution in [0.5, 0.6) is 0 Å². The summed E-state index contributed by atoms with van der Waals surface area (Å²) in [5, 5.41) is 14.4. The van der Waals surface area contributed by atoms with Crippen LogP contribution in [0.25, 0.3) is 0 Å². The van der Waals surface area contributed by atoms with Crippen molar-refractivity contribution in [1.82, 2.24) is 10.2 Å². The Balaban J connectivity index is 2.16.